The Morgan fingerprint density at radius 1 is 0.731 bits per heavy atom. The molecule has 0 unspecified atom stereocenters. The Morgan fingerprint density at radius 3 is 1.54 bits per heavy atom. The standard InChI is InChI=1S/C24H36Si2/c1-8-22-15-16-23(17-19-25(9-2,10-3)11-4)24(21-22)18-20-26(12-5,13-6)14-7/h8,15-16,21H,1,9-14H2,2-7H3. The maximum atomic E-state index is 3.92. The topological polar surface area (TPSA) is 0 Å². The van der Waals surface area contributed by atoms with Crippen LogP contribution >= 0.6 is 0 Å². The van der Waals surface area contributed by atoms with Gasteiger partial charge in [0.15, 0.2) is 0 Å². The third kappa shape index (κ3) is 5.50. The van der Waals surface area contributed by atoms with E-state index in [0.29, 0.717) is 0 Å². The van der Waals surface area contributed by atoms with Crippen molar-refractivity contribution in [3.63, 3.8) is 0 Å². The second-order valence-corrected chi connectivity index (χ2v) is 17.1. The second-order valence-electron chi connectivity index (χ2n) is 7.19. The molecule has 0 spiro atoms. The summed E-state index contributed by atoms with van der Waals surface area (Å²) >= 11 is 0. The van der Waals surface area contributed by atoms with Crippen LogP contribution in [0.15, 0.2) is 24.8 Å². The van der Waals surface area contributed by atoms with Crippen LogP contribution in [0, 0.1) is 22.9 Å². The first-order valence-corrected chi connectivity index (χ1v) is 15.5. The van der Waals surface area contributed by atoms with Crippen LogP contribution in [0.4, 0.5) is 0 Å². The summed E-state index contributed by atoms with van der Waals surface area (Å²) in [5.41, 5.74) is 10.8. The van der Waals surface area contributed by atoms with Crippen LogP contribution in [0.1, 0.15) is 58.2 Å². The van der Waals surface area contributed by atoms with Crippen molar-refractivity contribution >= 4 is 22.2 Å². The third-order valence-corrected chi connectivity index (χ3v) is 15.7. The average Bonchev–Trinajstić information content (AvgIpc) is 2.71. The highest BCUT2D eigenvalue weighted by molar-refractivity contribution is 6.87. The number of rotatable bonds is 7. The first-order chi connectivity index (χ1) is 12.5. The first kappa shape index (κ1) is 22.6. The summed E-state index contributed by atoms with van der Waals surface area (Å²) in [4.78, 5) is 0. The quantitative estimate of drug-likeness (QED) is 0.348. The summed E-state index contributed by atoms with van der Waals surface area (Å²) in [6.07, 6.45) is 1.90. The van der Waals surface area contributed by atoms with Crippen LogP contribution in [0.3, 0.4) is 0 Å². The van der Waals surface area contributed by atoms with Crippen LogP contribution in [-0.2, 0) is 0 Å². The van der Waals surface area contributed by atoms with E-state index in [1.54, 1.807) is 0 Å². The molecule has 0 aliphatic heterocycles. The summed E-state index contributed by atoms with van der Waals surface area (Å²) in [6.45, 7) is 17.7. The van der Waals surface area contributed by atoms with E-state index in [1.165, 1.54) is 36.3 Å². The predicted molar refractivity (Wildman–Crippen MR) is 125 cm³/mol. The van der Waals surface area contributed by atoms with Crippen LogP contribution in [0.2, 0.25) is 36.3 Å². The van der Waals surface area contributed by atoms with Crippen LogP contribution in [-0.4, -0.2) is 16.1 Å². The Balaban J connectivity index is 3.44. The van der Waals surface area contributed by atoms with Crippen molar-refractivity contribution < 1.29 is 0 Å². The Bertz CT molecular complexity index is 698. The van der Waals surface area contributed by atoms with Gasteiger partial charge in [-0.15, -0.1) is 11.1 Å². The minimum Gasteiger partial charge on any atom is -0.126 e. The SMILES string of the molecule is C=Cc1ccc(C#C[Si](CC)(CC)CC)c(C#C[Si](CC)(CC)CC)c1. The van der Waals surface area contributed by atoms with Gasteiger partial charge in [0.05, 0.1) is 0 Å². The van der Waals surface area contributed by atoms with Crippen molar-refractivity contribution in [1.29, 1.82) is 0 Å². The maximum absolute atomic E-state index is 3.92. The molecule has 0 N–H and O–H groups in total. The lowest BCUT2D eigenvalue weighted by Crippen LogP contribution is -2.29. The summed E-state index contributed by atoms with van der Waals surface area (Å²) in [6, 6.07) is 13.8. The molecule has 0 atom stereocenters. The molecule has 0 aliphatic carbocycles. The predicted octanol–water partition coefficient (Wildman–Crippen LogP) is 7.13. The Hall–Kier alpha value is -1.49. The molecule has 0 amide bonds. The van der Waals surface area contributed by atoms with E-state index in [-0.39, 0.29) is 0 Å². The van der Waals surface area contributed by atoms with Gasteiger partial charge >= 0.3 is 0 Å². The van der Waals surface area contributed by atoms with Gasteiger partial charge in [0.2, 0.25) is 0 Å². The normalized spacial score (nSPS) is 11.2. The molecule has 1 rings (SSSR count). The fraction of sp³-hybridized carbons (Fsp3) is 0.500. The van der Waals surface area contributed by atoms with Crippen LogP contribution in [0.25, 0.3) is 6.08 Å². The van der Waals surface area contributed by atoms with E-state index in [2.05, 4.69) is 89.2 Å². The zero-order valence-electron chi connectivity index (χ0n) is 17.8. The first-order valence-electron chi connectivity index (χ1n) is 10.3. The molecule has 140 valence electrons. The summed E-state index contributed by atoms with van der Waals surface area (Å²) in [5, 5.41) is 0. The van der Waals surface area contributed by atoms with Crippen molar-refractivity contribution in [1.82, 2.24) is 0 Å². The van der Waals surface area contributed by atoms with Gasteiger partial charge in [-0.25, -0.2) is 0 Å². The van der Waals surface area contributed by atoms with Crippen molar-refractivity contribution in [2.45, 2.75) is 77.8 Å². The zero-order valence-corrected chi connectivity index (χ0v) is 19.8. The highest BCUT2D eigenvalue weighted by Gasteiger charge is 2.25. The minimum absolute atomic E-state index is 1.09. The Morgan fingerprint density at radius 2 is 1.15 bits per heavy atom. The number of hydrogen-bond donors (Lipinski definition) is 0. The summed E-state index contributed by atoms with van der Waals surface area (Å²) in [5.74, 6) is 7.09. The fourth-order valence-corrected chi connectivity index (χ4v) is 8.19. The van der Waals surface area contributed by atoms with Gasteiger partial charge < -0.3 is 0 Å². The number of hydrogen-bond acceptors (Lipinski definition) is 0. The van der Waals surface area contributed by atoms with Crippen molar-refractivity contribution in [3.8, 4) is 22.9 Å². The van der Waals surface area contributed by atoms with E-state index in [1.807, 2.05) is 6.08 Å². The van der Waals surface area contributed by atoms with E-state index in [4.69, 9.17) is 0 Å². The highest BCUT2D eigenvalue weighted by Crippen LogP contribution is 2.21. The molecule has 0 radical (unpaired) electrons. The largest absolute Gasteiger partial charge is 0.138 e. The summed E-state index contributed by atoms with van der Waals surface area (Å²) < 4.78 is 0. The van der Waals surface area contributed by atoms with Gasteiger partial charge in [-0.3, -0.25) is 0 Å². The Labute approximate surface area is 164 Å². The molecule has 0 nitrogen and oxygen atoms in total. The minimum atomic E-state index is -1.46. The molecular weight excluding hydrogens is 344 g/mol. The Kier molecular flexibility index (Phi) is 9.21. The van der Waals surface area contributed by atoms with E-state index in [9.17, 15) is 0 Å². The zero-order chi connectivity index (χ0) is 19.6. The van der Waals surface area contributed by atoms with Crippen molar-refractivity contribution in [3.05, 3.63) is 41.5 Å². The van der Waals surface area contributed by atoms with E-state index < -0.39 is 16.1 Å². The van der Waals surface area contributed by atoms with Gasteiger partial charge in [0.25, 0.3) is 0 Å². The van der Waals surface area contributed by atoms with Gasteiger partial charge in [0.1, 0.15) is 16.1 Å². The number of benzene rings is 1. The molecule has 2 heteroatoms. The molecule has 1 aromatic carbocycles. The lowest BCUT2D eigenvalue weighted by molar-refractivity contribution is 1.20. The monoisotopic (exact) mass is 380 g/mol. The van der Waals surface area contributed by atoms with Crippen molar-refractivity contribution in [2.24, 2.45) is 0 Å². The van der Waals surface area contributed by atoms with E-state index >= 15 is 0 Å². The van der Waals surface area contributed by atoms with Gasteiger partial charge in [-0.2, -0.15) is 0 Å². The fourth-order valence-electron chi connectivity index (χ4n) is 3.33. The highest BCUT2D eigenvalue weighted by atomic mass is 28.3. The maximum Gasteiger partial charge on any atom is 0.138 e. The van der Waals surface area contributed by atoms with Crippen LogP contribution < -0.4 is 0 Å². The molecule has 0 bridgehead atoms. The smallest absolute Gasteiger partial charge is 0.126 e. The lowest BCUT2D eigenvalue weighted by atomic mass is 10.1. The lowest BCUT2D eigenvalue weighted by Gasteiger charge is -2.20. The van der Waals surface area contributed by atoms with E-state index in [0.717, 1.165) is 16.7 Å². The molecule has 0 aromatic heterocycles. The molecule has 1 aromatic rings. The molecule has 26 heavy (non-hydrogen) atoms. The molecule has 0 saturated carbocycles. The molecule has 0 heterocycles. The molecule has 0 aliphatic rings. The summed E-state index contributed by atoms with van der Waals surface area (Å²) in [7, 11) is -2.90. The van der Waals surface area contributed by atoms with Crippen molar-refractivity contribution in [2.75, 3.05) is 0 Å². The third-order valence-electron chi connectivity index (χ3n) is 6.26. The molecule has 0 fully saturated rings. The molecule has 0 saturated heterocycles. The molecular formula is C24H36Si2. The van der Waals surface area contributed by atoms with Gasteiger partial charge in [0, 0.05) is 11.1 Å². The average molecular weight is 381 g/mol. The van der Waals surface area contributed by atoms with Gasteiger partial charge in [-0.05, 0) is 54.0 Å². The second kappa shape index (κ2) is 10.6. The van der Waals surface area contributed by atoms with Crippen LogP contribution in [0.5, 0.6) is 0 Å². The van der Waals surface area contributed by atoms with Gasteiger partial charge in [-0.1, -0.05) is 72.1 Å².